The number of benzene rings is 4. The summed E-state index contributed by atoms with van der Waals surface area (Å²) in [7, 11) is 3.32. The monoisotopic (exact) mass is 368 g/mol. The van der Waals surface area contributed by atoms with E-state index in [0.29, 0.717) is 0 Å². The Kier molecular flexibility index (Phi) is 5.02. The number of hydrogen-bond donors (Lipinski definition) is 0. The molecule has 28 heavy (non-hydrogen) atoms. The summed E-state index contributed by atoms with van der Waals surface area (Å²) in [5.74, 6) is 1.53. The van der Waals surface area contributed by atoms with Crippen LogP contribution in [-0.4, -0.2) is 26.6 Å². The summed E-state index contributed by atoms with van der Waals surface area (Å²) >= 11 is 0. The van der Waals surface area contributed by atoms with Gasteiger partial charge in [-0.25, -0.2) is 0 Å². The number of methoxy groups -OCH3 is 2. The molecule has 0 fully saturated rings. The van der Waals surface area contributed by atoms with Gasteiger partial charge in [0.1, 0.15) is 11.5 Å². The van der Waals surface area contributed by atoms with Crippen LogP contribution >= 0.6 is 0 Å². The molecular formula is C24H20N2O2. The van der Waals surface area contributed by atoms with Crippen molar-refractivity contribution in [1.82, 2.24) is 0 Å². The lowest BCUT2D eigenvalue weighted by Gasteiger charge is -2.08. The molecule has 4 aromatic rings. The molecule has 138 valence electrons. The highest BCUT2D eigenvalue weighted by Crippen LogP contribution is 2.27. The maximum atomic E-state index is 5.50. The van der Waals surface area contributed by atoms with Crippen LogP contribution in [-0.2, 0) is 0 Å². The molecule has 4 aromatic carbocycles. The Balaban J connectivity index is 1.73. The van der Waals surface area contributed by atoms with Crippen LogP contribution in [0.1, 0.15) is 11.1 Å². The molecule has 0 saturated carbocycles. The minimum Gasteiger partial charge on any atom is -0.496 e. The molecule has 4 rings (SSSR count). The Hall–Kier alpha value is -3.66. The van der Waals surface area contributed by atoms with Gasteiger partial charge < -0.3 is 9.47 Å². The van der Waals surface area contributed by atoms with Gasteiger partial charge >= 0.3 is 0 Å². The van der Waals surface area contributed by atoms with Crippen LogP contribution in [0.25, 0.3) is 21.5 Å². The summed E-state index contributed by atoms with van der Waals surface area (Å²) in [6.07, 6.45) is 3.46. The van der Waals surface area contributed by atoms with E-state index in [1.54, 1.807) is 26.6 Å². The van der Waals surface area contributed by atoms with Crippen molar-refractivity contribution in [2.24, 2.45) is 10.2 Å². The van der Waals surface area contributed by atoms with Gasteiger partial charge in [-0.1, -0.05) is 60.7 Å². The van der Waals surface area contributed by atoms with Crippen molar-refractivity contribution >= 4 is 34.0 Å². The Morgan fingerprint density at radius 2 is 1.00 bits per heavy atom. The molecule has 0 atom stereocenters. The Morgan fingerprint density at radius 3 is 1.43 bits per heavy atom. The first-order chi connectivity index (χ1) is 13.8. The fourth-order valence-electron chi connectivity index (χ4n) is 3.36. The third-order valence-corrected chi connectivity index (χ3v) is 4.74. The van der Waals surface area contributed by atoms with Crippen molar-refractivity contribution in [1.29, 1.82) is 0 Å². The summed E-state index contributed by atoms with van der Waals surface area (Å²) in [4.78, 5) is 0. The van der Waals surface area contributed by atoms with Crippen molar-refractivity contribution < 1.29 is 9.47 Å². The van der Waals surface area contributed by atoms with Crippen molar-refractivity contribution in [2.75, 3.05) is 14.2 Å². The first-order valence-electron chi connectivity index (χ1n) is 8.99. The van der Waals surface area contributed by atoms with Crippen LogP contribution in [0.15, 0.2) is 83.0 Å². The fraction of sp³-hybridized carbons (Fsp3) is 0.0833. The van der Waals surface area contributed by atoms with Crippen LogP contribution in [0.5, 0.6) is 11.5 Å². The number of fused-ring (bicyclic) bond motifs is 2. The quantitative estimate of drug-likeness (QED) is 0.347. The number of rotatable bonds is 5. The van der Waals surface area contributed by atoms with Crippen molar-refractivity contribution in [3.05, 3.63) is 83.9 Å². The summed E-state index contributed by atoms with van der Waals surface area (Å²) in [6.45, 7) is 0. The Bertz CT molecular complexity index is 1100. The summed E-state index contributed by atoms with van der Waals surface area (Å²) < 4.78 is 11.0. The Morgan fingerprint density at radius 1 is 0.571 bits per heavy atom. The molecule has 0 saturated heterocycles. The van der Waals surface area contributed by atoms with Gasteiger partial charge in [0.05, 0.1) is 26.6 Å². The molecule has 4 nitrogen and oxygen atoms in total. The van der Waals surface area contributed by atoms with Gasteiger partial charge in [-0.15, -0.1) is 0 Å². The van der Waals surface area contributed by atoms with Gasteiger partial charge in [0, 0.05) is 11.1 Å². The van der Waals surface area contributed by atoms with Crippen LogP contribution in [0, 0.1) is 0 Å². The number of ether oxygens (including phenoxy) is 2. The number of nitrogens with zero attached hydrogens (tertiary/aromatic N) is 2. The molecule has 0 N–H and O–H groups in total. The molecule has 0 spiro atoms. The highest BCUT2D eigenvalue weighted by Gasteiger charge is 2.07. The highest BCUT2D eigenvalue weighted by molar-refractivity contribution is 6.04. The van der Waals surface area contributed by atoms with E-state index in [0.717, 1.165) is 44.2 Å². The van der Waals surface area contributed by atoms with E-state index < -0.39 is 0 Å². The van der Waals surface area contributed by atoms with E-state index in [9.17, 15) is 0 Å². The summed E-state index contributed by atoms with van der Waals surface area (Å²) in [5.41, 5.74) is 1.81. The second-order valence-electron chi connectivity index (χ2n) is 6.29. The predicted molar refractivity (Wildman–Crippen MR) is 116 cm³/mol. The van der Waals surface area contributed by atoms with Crippen LogP contribution in [0.2, 0.25) is 0 Å². The summed E-state index contributed by atoms with van der Waals surface area (Å²) in [6, 6.07) is 24.2. The minimum atomic E-state index is 0.764. The summed E-state index contributed by atoms with van der Waals surface area (Å²) in [5, 5.41) is 13.0. The number of hydrogen-bond acceptors (Lipinski definition) is 4. The lowest BCUT2D eigenvalue weighted by Crippen LogP contribution is -1.93. The van der Waals surface area contributed by atoms with Gasteiger partial charge in [0.15, 0.2) is 0 Å². The third-order valence-electron chi connectivity index (χ3n) is 4.74. The first kappa shape index (κ1) is 17.7. The zero-order valence-electron chi connectivity index (χ0n) is 15.8. The lowest BCUT2D eigenvalue weighted by atomic mass is 10.0. The molecule has 0 unspecified atom stereocenters. The van der Waals surface area contributed by atoms with Gasteiger partial charge in [-0.3, -0.25) is 0 Å². The van der Waals surface area contributed by atoms with Crippen LogP contribution in [0.3, 0.4) is 0 Å². The predicted octanol–water partition coefficient (Wildman–Crippen LogP) is 5.46. The van der Waals surface area contributed by atoms with E-state index in [1.165, 1.54) is 0 Å². The van der Waals surface area contributed by atoms with E-state index >= 15 is 0 Å². The molecule has 0 heterocycles. The maximum Gasteiger partial charge on any atom is 0.128 e. The molecule has 0 aliphatic carbocycles. The lowest BCUT2D eigenvalue weighted by molar-refractivity contribution is 0.414. The third kappa shape index (κ3) is 3.32. The van der Waals surface area contributed by atoms with Crippen LogP contribution in [0.4, 0.5) is 0 Å². The molecule has 0 aromatic heterocycles. The van der Waals surface area contributed by atoms with Gasteiger partial charge in [-0.05, 0) is 33.7 Å². The van der Waals surface area contributed by atoms with E-state index in [-0.39, 0.29) is 0 Å². The fourth-order valence-corrected chi connectivity index (χ4v) is 3.36. The van der Waals surface area contributed by atoms with E-state index in [1.807, 2.05) is 48.5 Å². The molecule has 0 radical (unpaired) electrons. The second-order valence-corrected chi connectivity index (χ2v) is 6.29. The largest absolute Gasteiger partial charge is 0.496 e. The second kappa shape index (κ2) is 7.92. The molecule has 0 amide bonds. The molecule has 0 aliphatic heterocycles. The van der Waals surface area contributed by atoms with Crippen molar-refractivity contribution in [3.63, 3.8) is 0 Å². The smallest absolute Gasteiger partial charge is 0.128 e. The first-order valence-corrected chi connectivity index (χ1v) is 8.99. The normalized spacial score (nSPS) is 11.6. The van der Waals surface area contributed by atoms with Gasteiger partial charge in [-0.2, -0.15) is 10.2 Å². The van der Waals surface area contributed by atoms with Crippen LogP contribution < -0.4 is 9.47 Å². The van der Waals surface area contributed by atoms with E-state index in [2.05, 4.69) is 34.5 Å². The molecule has 0 bridgehead atoms. The zero-order valence-corrected chi connectivity index (χ0v) is 15.8. The average Bonchev–Trinajstić information content (AvgIpc) is 2.76. The van der Waals surface area contributed by atoms with Gasteiger partial charge in [0.25, 0.3) is 0 Å². The van der Waals surface area contributed by atoms with Crippen molar-refractivity contribution in [2.45, 2.75) is 0 Å². The van der Waals surface area contributed by atoms with Gasteiger partial charge in [0.2, 0.25) is 0 Å². The zero-order chi connectivity index (χ0) is 19.3. The molecular weight excluding hydrogens is 348 g/mol. The molecule has 4 heteroatoms. The van der Waals surface area contributed by atoms with Crippen molar-refractivity contribution in [3.8, 4) is 11.5 Å². The standard InChI is InChI=1S/C24H20N2O2/c1-27-23-13-11-17-7-3-5-9-19(17)21(23)15-25-26-16-22-20-10-6-4-8-18(20)12-14-24(22)28-2/h3-16H,1-2H3/b25-15-,26-16-. The highest BCUT2D eigenvalue weighted by atomic mass is 16.5. The Labute approximate surface area is 163 Å². The molecule has 0 aliphatic rings. The minimum absolute atomic E-state index is 0.764. The SMILES string of the molecule is COc1ccc2ccccc2c1/C=N\N=C/c1c(OC)ccc2ccccc12. The average molecular weight is 368 g/mol. The van der Waals surface area contributed by atoms with E-state index in [4.69, 9.17) is 9.47 Å². The maximum absolute atomic E-state index is 5.50. The topological polar surface area (TPSA) is 43.2 Å².